The summed E-state index contributed by atoms with van der Waals surface area (Å²) in [7, 11) is 0. The Morgan fingerprint density at radius 2 is 1.96 bits per heavy atom. The fraction of sp³-hybridized carbons (Fsp3) is 0.211. The molecule has 2 N–H and O–H groups in total. The van der Waals surface area contributed by atoms with E-state index in [0.29, 0.717) is 12.5 Å². The molecule has 3 aromatic rings. The minimum atomic E-state index is -0.246. The molecule has 0 saturated carbocycles. The van der Waals surface area contributed by atoms with E-state index in [1.165, 1.54) is 10.4 Å². The van der Waals surface area contributed by atoms with Gasteiger partial charge in [-0.1, -0.05) is 25.1 Å². The fourth-order valence-corrected chi connectivity index (χ4v) is 3.47. The lowest BCUT2D eigenvalue weighted by Gasteiger charge is -2.12. The first-order chi connectivity index (χ1) is 12.1. The maximum atomic E-state index is 12.0. The van der Waals surface area contributed by atoms with Gasteiger partial charge < -0.3 is 10.6 Å². The van der Waals surface area contributed by atoms with Crippen molar-refractivity contribution in [2.24, 2.45) is 0 Å². The second kappa shape index (κ2) is 7.90. The highest BCUT2D eigenvalue weighted by molar-refractivity contribution is 7.09. The maximum Gasteiger partial charge on any atom is 0.319 e. The van der Waals surface area contributed by atoms with Crippen molar-refractivity contribution in [2.75, 3.05) is 5.32 Å². The Balaban J connectivity index is 1.57. The predicted octanol–water partition coefficient (Wildman–Crippen LogP) is 4.32. The smallest absolute Gasteiger partial charge is 0.319 e. The van der Waals surface area contributed by atoms with Crippen LogP contribution in [0.1, 0.15) is 34.7 Å². The monoisotopic (exact) mass is 352 g/mol. The summed E-state index contributed by atoms with van der Waals surface area (Å²) in [6.45, 7) is 4.60. The average Bonchev–Trinajstić information content (AvgIpc) is 3.07. The van der Waals surface area contributed by atoms with Gasteiger partial charge in [-0.2, -0.15) is 0 Å². The van der Waals surface area contributed by atoms with E-state index in [2.05, 4.69) is 27.5 Å². The number of nitrogens with one attached hydrogen (secondary N) is 2. The van der Waals surface area contributed by atoms with Crippen LogP contribution in [0.25, 0.3) is 0 Å². The van der Waals surface area contributed by atoms with Crippen LogP contribution in [0.5, 0.6) is 0 Å². The van der Waals surface area contributed by atoms with E-state index in [-0.39, 0.29) is 6.03 Å². The standard InChI is InChI=1S/C19H20N4OS/c1-13(18-14(2)22-12-25-18)15-6-8-16(9-7-15)23-19(24)21-11-17-5-3-4-10-20-17/h3-10,12-13H,11H2,1-2H3,(H2,21,23,24)/t13-/m0/s1. The Labute approximate surface area is 151 Å². The second-order valence-electron chi connectivity index (χ2n) is 5.77. The van der Waals surface area contributed by atoms with Crippen molar-refractivity contribution in [3.63, 3.8) is 0 Å². The third-order valence-electron chi connectivity index (χ3n) is 4.00. The van der Waals surface area contributed by atoms with E-state index < -0.39 is 0 Å². The Kier molecular flexibility index (Phi) is 5.40. The summed E-state index contributed by atoms with van der Waals surface area (Å²) in [5.74, 6) is 0.291. The molecular formula is C19H20N4OS. The third-order valence-corrected chi connectivity index (χ3v) is 5.11. The van der Waals surface area contributed by atoms with Gasteiger partial charge in [0.15, 0.2) is 0 Å². The van der Waals surface area contributed by atoms with Gasteiger partial charge in [0.2, 0.25) is 0 Å². The van der Waals surface area contributed by atoms with Gasteiger partial charge in [-0.15, -0.1) is 11.3 Å². The summed E-state index contributed by atoms with van der Waals surface area (Å²) in [5, 5.41) is 5.63. The zero-order chi connectivity index (χ0) is 17.6. The highest BCUT2D eigenvalue weighted by Gasteiger charge is 2.13. The molecule has 1 atom stereocenters. The molecule has 128 valence electrons. The van der Waals surface area contributed by atoms with E-state index in [0.717, 1.165) is 17.1 Å². The molecule has 3 rings (SSSR count). The molecule has 0 spiro atoms. The quantitative estimate of drug-likeness (QED) is 0.718. The van der Waals surface area contributed by atoms with Crippen LogP contribution in [-0.2, 0) is 6.54 Å². The fourth-order valence-electron chi connectivity index (χ4n) is 2.58. The van der Waals surface area contributed by atoms with Crippen LogP contribution in [0.15, 0.2) is 54.2 Å². The van der Waals surface area contributed by atoms with Gasteiger partial charge in [-0.05, 0) is 36.8 Å². The minimum Gasteiger partial charge on any atom is -0.332 e. The Hall–Kier alpha value is -2.73. The number of carbonyl (C=O) groups excluding carboxylic acids is 1. The van der Waals surface area contributed by atoms with Gasteiger partial charge in [0, 0.05) is 22.7 Å². The number of urea groups is 1. The molecule has 2 heterocycles. The largest absolute Gasteiger partial charge is 0.332 e. The zero-order valence-electron chi connectivity index (χ0n) is 14.2. The highest BCUT2D eigenvalue weighted by Crippen LogP contribution is 2.30. The summed E-state index contributed by atoms with van der Waals surface area (Å²) >= 11 is 1.68. The number of anilines is 1. The van der Waals surface area contributed by atoms with Gasteiger partial charge in [0.05, 0.1) is 23.4 Å². The number of aromatic nitrogens is 2. The lowest BCUT2D eigenvalue weighted by Crippen LogP contribution is -2.28. The van der Waals surface area contributed by atoms with Crippen LogP contribution >= 0.6 is 11.3 Å². The lowest BCUT2D eigenvalue weighted by molar-refractivity contribution is 0.251. The number of nitrogens with zero attached hydrogens (tertiary/aromatic N) is 2. The molecule has 0 aliphatic rings. The molecule has 0 saturated heterocycles. The number of rotatable bonds is 5. The number of benzene rings is 1. The van der Waals surface area contributed by atoms with E-state index in [1.807, 2.05) is 54.9 Å². The Morgan fingerprint density at radius 3 is 2.60 bits per heavy atom. The molecule has 6 heteroatoms. The van der Waals surface area contributed by atoms with Gasteiger partial charge in [0.1, 0.15) is 0 Å². The Morgan fingerprint density at radius 1 is 1.16 bits per heavy atom. The molecule has 0 bridgehead atoms. The van der Waals surface area contributed by atoms with Crippen molar-refractivity contribution in [1.29, 1.82) is 0 Å². The van der Waals surface area contributed by atoms with Crippen LogP contribution in [0.3, 0.4) is 0 Å². The summed E-state index contributed by atoms with van der Waals surface area (Å²) < 4.78 is 0. The molecule has 0 aliphatic carbocycles. The normalized spacial score (nSPS) is 11.8. The molecule has 1 aromatic carbocycles. The Bertz CT molecular complexity index is 830. The molecule has 0 fully saturated rings. The summed E-state index contributed by atoms with van der Waals surface area (Å²) in [6, 6.07) is 13.3. The first-order valence-electron chi connectivity index (χ1n) is 8.08. The molecule has 0 aliphatic heterocycles. The number of thiazole rings is 1. The molecule has 0 radical (unpaired) electrons. The zero-order valence-corrected chi connectivity index (χ0v) is 15.0. The van der Waals surface area contributed by atoms with Crippen molar-refractivity contribution >= 4 is 23.1 Å². The minimum absolute atomic E-state index is 0.246. The van der Waals surface area contributed by atoms with E-state index in [9.17, 15) is 4.79 Å². The number of aryl methyl sites for hydroxylation is 1. The average molecular weight is 352 g/mol. The van der Waals surface area contributed by atoms with Crippen LogP contribution in [0, 0.1) is 6.92 Å². The topological polar surface area (TPSA) is 66.9 Å². The van der Waals surface area contributed by atoms with Crippen LogP contribution in [0.4, 0.5) is 10.5 Å². The SMILES string of the molecule is Cc1ncsc1[C@@H](C)c1ccc(NC(=O)NCc2ccccn2)cc1. The van der Waals surface area contributed by atoms with Crippen LogP contribution < -0.4 is 10.6 Å². The van der Waals surface area contributed by atoms with Crippen molar-refractivity contribution < 1.29 is 4.79 Å². The van der Waals surface area contributed by atoms with E-state index in [4.69, 9.17) is 0 Å². The summed E-state index contributed by atoms with van der Waals surface area (Å²) in [6.07, 6.45) is 1.71. The number of amides is 2. The molecular weight excluding hydrogens is 332 g/mol. The van der Waals surface area contributed by atoms with Gasteiger partial charge >= 0.3 is 6.03 Å². The van der Waals surface area contributed by atoms with E-state index in [1.54, 1.807) is 17.5 Å². The predicted molar refractivity (Wildman–Crippen MR) is 101 cm³/mol. The van der Waals surface area contributed by atoms with Gasteiger partial charge in [0.25, 0.3) is 0 Å². The summed E-state index contributed by atoms with van der Waals surface area (Å²) in [5.41, 5.74) is 5.74. The number of hydrogen-bond acceptors (Lipinski definition) is 4. The second-order valence-corrected chi connectivity index (χ2v) is 6.66. The maximum absolute atomic E-state index is 12.0. The first-order valence-corrected chi connectivity index (χ1v) is 8.96. The number of carbonyl (C=O) groups is 1. The molecule has 2 aromatic heterocycles. The van der Waals surface area contributed by atoms with Crippen molar-refractivity contribution in [3.8, 4) is 0 Å². The van der Waals surface area contributed by atoms with Gasteiger partial charge in [-0.25, -0.2) is 9.78 Å². The highest BCUT2D eigenvalue weighted by atomic mass is 32.1. The van der Waals surface area contributed by atoms with Crippen molar-refractivity contribution in [2.45, 2.75) is 26.3 Å². The van der Waals surface area contributed by atoms with Crippen molar-refractivity contribution in [1.82, 2.24) is 15.3 Å². The number of pyridine rings is 1. The van der Waals surface area contributed by atoms with Gasteiger partial charge in [-0.3, -0.25) is 4.98 Å². The van der Waals surface area contributed by atoms with Crippen molar-refractivity contribution in [3.05, 3.63) is 76.0 Å². The molecule has 2 amide bonds. The lowest BCUT2D eigenvalue weighted by atomic mass is 9.98. The first kappa shape index (κ1) is 17.1. The summed E-state index contributed by atoms with van der Waals surface area (Å²) in [4.78, 5) is 21.7. The third kappa shape index (κ3) is 4.42. The van der Waals surface area contributed by atoms with Crippen LogP contribution in [-0.4, -0.2) is 16.0 Å². The molecule has 0 unspecified atom stereocenters. The number of hydrogen-bond donors (Lipinski definition) is 2. The van der Waals surface area contributed by atoms with E-state index >= 15 is 0 Å². The molecule has 5 nitrogen and oxygen atoms in total. The molecule has 25 heavy (non-hydrogen) atoms. The van der Waals surface area contributed by atoms with Crippen LogP contribution in [0.2, 0.25) is 0 Å².